The Kier molecular flexibility index (Phi) is 2.57. The van der Waals surface area contributed by atoms with Crippen molar-refractivity contribution < 1.29 is 14.6 Å². The van der Waals surface area contributed by atoms with Crippen LogP contribution < -0.4 is 0 Å². The lowest BCUT2D eigenvalue weighted by molar-refractivity contribution is -0.175. The molecule has 3 aliphatic rings. The van der Waals surface area contributed by atoms with Crippen molar-refractivity contribution in [1.29, 1.82) is 0 Å². The van der Waals surface area contributed by atoms with Crippen molar-refractivity contribution in [2.24, 2.45) is 17.8 Å². The molecule has 0 aromatic heterocycles. The fourth-order valence-electron chi connectivity index (χ4n) is 4.11. The fourth-order valence-corrected chi connectivity index (χ4v) is 5.07. The molecule has 1 saturated carbocycles. The Labute approximate surface area is 111 Å². The smallest absolute Gasteiger partial charge is 0.190 e. The van der Waals surface area contributed by atoms with Crippen molar-refractivity contribution in [2.45, 2.75) is 18.1 Å². The predicted octanol–water partition coefficient (Wildman–Crippen LogP) is 1.43. The number of thioether (sulfide) groups is 1. The van der Waals surface area contributed by atoms with Crippen molar-refractivity contribution in [3.63, 3.8) is 0 Å². The highest BCUT2D eigenvalue weighted by atomic mass is 32.2. The van der Waals surface area contributed by atoms with Crippen LogP contribution in [0.2, 0.25) is 0 Å². The van der Waals surface area contributed by atoms with Gasteiger partial charge in [0, 0.05) is 24.7 Å². The summed E-state index contributed by atoms with van der Waals surface area (Å²) in [4.78, 5) is 12.3. The lowest BCUT2D eigenvalue weighted by atomic mass is 9.70. The van der Waals surface area contributed by atoms with Crippen molar-refractivity contribution in [3.8, 4) is 0 Å². The van der Waals surface area contributed by atoms with E-state index in [1.165, 1.54) is 5.57 Å². The molecule has 3 nitrogen and oxygen atoms in total. The van der Waals surface area contributed by atoms with Gasteiger partial charge in [-0.2, -0.15) is 11.8 Å². The van der Waals surface area contributed by atoms with Crippen LogP contribution in [0.4, 0.5) is 0 Å². The lowest BCUT2D eigenvalue weighted by Crippen LogP contribution is -2.64. The number of ketones is 1. The van der Waals surface area contributed by atoms with Crippen molar-refractivity contribution in [3.05, 3.63) is 23.8 Å². The Balaban J connectivity index is 2.18. The van der Waals surface area contributed by atoms with E-state index >= 15 is 0 Å². The number of carbonyl (C=O) groups excluding carboxylic acids is 1. The average Bonchev–Trinajstić information content (AvgIpc) is 2.45. The molecule has 0 aromatic carbocycles. The molecule has 1 fully saturated rings. The average molecular weight is 266 g/mol. The summed E-state index contributed by atoms with van der Waals surface area (Å²) in [6, 6.07) is 0. The van der Waals surface area contributed by atoms with E-state index in [0.29, 0.717) is 5.75 Å². The molecule has 0 saturated heterocycles. The van der Waals surface area contributed by atoms with Crippen LogP contribution in [0.1, 0.15) is 6.92 Å². The van der Waals surface area contributed by atoms with Gasteiger partial charge in [0.2, 0.25) is 0 Å². The molecule has 5 atom stereocenters. The molecule has 1 unspecified atom stereocenters. The second-order valence-electron chi connectivity index (χ2n) is 5.50. The predicted molar refractivity (Wildman–Crippen MR) is 71.4 cm³/mol. The summed E-state index contributed by atoms with van der Waals surface area (Å²) in [6.45, 7) is 2.07. The van der Waals surface area contributed by atoms with Crippen LogP contribution in [0.25, 0.3) is 0 Å². The molecule has 98 valence electrons. The molecule has 3 rings (SSSR count). The molecule has 0 amide bonds. The van der Waals surface area contributed by atoms with Crippen LogP contribution in [0, 0.1) is 17.8 Å². The summed E-state index contributed by atoms with van der Waals surface area (Å²) in [7, 11) is 1.61. The quantitative estimate of drug-likeness (QED) is 0.785. The summed E-state index contributed by atoms with van der Waals surface area (Å²) in [6.07, 6.45) is 7.50. The number of ether oxygens (including phenoxy) is 1. The van der Waals surface area contributed by atoms with E-state index in [4.69, 9.17) is 4.74 Å². The molecular weight excluding hydrogens is 248 g/mol. The van der Waals surface area contributed by atoms with Gasteiger partial charge >= 0.3 is 0 Å². The summed E-state index contributed by atoms with van der Waals surface area (Å²) >= 11 is 1.62. The largest absolute Gasteiger partial charge is 0.378 e. The van der Waals surface area contributed by atoms with Crippen molar-refractivity contribution in [1.82, 2.24) is 0 Å². The van der Waals surface area contributed by atoms with Crippen molar-refractivity contribution >= 4 is 17.5 Å². The van der Waals surface area contributed by atoms with E-state index in [0.717, 1.165) is 0 Å². The maximum Gasteiger partial charge on any atom is 0.190 e. The minimum atomic E-state index is -1.38. The summed E-state index contributed by atoms with van der Waals surface area (Å²) < 4.78 is 5.73. The number of carbonyl (C=O) groups is 1. The standard InChI is InChI=1S/C14H18O3S/c1-8-6-10-12(8)9-4-5-11(15)14(10,16)13(9,17-2)7-18-3/h4-6,9-10,12,16H,7H2,1-3H3/t9-,10+,12-,13?,14+/m1/s1. The van der Waals surface area contributed by atoms with E-state index in [9.17, 15) is 9.90 Å². The van der Waals surface area contributed by atoms with Crippen LogP contribution in [-0.2, 0) is 9.53 Å². The molecular formula is C14H18O3S. The van der Waals surface area contributed by atoms with Crippen molar-refractivity contribution in [2.75, 3.05) is 19.1 Å². The van der Waals surface area contributed by atoms with Gasteiger partial charge in [0.15, 0.2) is 11.4 Å². The van der Waals surface area contributed by atoms with E-state index in [1.54, 1.807) is 24.9 Å². The number of allylic oxidation sites excluding steroid dienone is 1. The van der Waals surface area contributed by atoms with Gasteiger partial charge < -0.3 is 9.84 Å². The van der Waals surface area contributed by atoms with Gasteiger partial charge in [-0.05, 0) is 25.2 Å². The first kappa shape index (κ1) is 12.5. The minimum Gasteiger partial charge on any atom is -0.378 e. The third-order valence-corrected chi connectivity index (χ3v) is 5.68. The highest BCUT2D eigenvalue weighted by Crippen LogP contribution is 2.63. The van der Waals surface area contributed by atoms with E-state index in [-0.39, 0.29) is 23.5 Å². The Morgan fingerprint density at radius 1 is 1.50 bits per heavy atom. The molecule has 0 aliphatic heterocycles. The highest BCUT2D eigenvalue weighted by Gasteiger charge is 2.74. The summed E-state index contributed by atoms with van der Waals surface area (Å²) in [5.74, 6) is 0.704. The second kappa shape index (κ2) is 3.71. The molecule has 1 N–H and O–H groups in total. The zero-order chi connectivity index (χ0) is 13.1. The molecule has 0 heterocycles. The SMILES string of the molecule is COC1(CSC)[C@@H]2C=CC(=O)[C@@]1(O)[C@H]1C=C(C)[C@H]21. The number of hydrogen-bond acceptors (Lipinski definition) is 4. The molecule has 2 bridgehead atoms. The number of fused-ring (bicyclic) bond motifs is 5. The number of aliphatic hydroxyl groups is 1. The monoisotopic (exact) mass is 266 g/mol. The topological polar surface area (TPSA) is 46.5 Å². The number of hydrogen-bond donors (Lipinski definition) is 1. The van der Waals surface area contributed by atoms with Gasteiger partial charge in [-0.1, -0.05) is 17.7 Å². The molecule has 4 heteroatoms. The lowest BCUT2D eigenvalue weighted by Gasteiger charge is -2.45. The molecule has 18 heavy (non-hydrogen) atoms. The third-order valence-electron chi connectivity index (χ3n) is 4.96. The molecule has 3 aliphatic carbocycles. The third kappa shape index (κ3) is 1.08. The van der Waals surface area contributed by atoms with Gasteiger partial charge in [-0.25, -0.2) is 0 Å². The normalized spacial score (nSPS) is 48.8. The molecule has 0 radical (unpaired) electrons. The van der Waals surface area contributed by atoms with Crippen LogP contribution in [0.5, 0.6) is 0 Å². The molecule has 0 spiro atoms. The summed E-state index contributed by atoms with van der Waals surface area (Å²) in [5.41, 5.74) is -0.890. The van der Waals surface area contributed by atoms with Crippen LogP contribution in [0.15, 0.2) is 23.8 Å². The van der Waals surface area contributed by atoms with Crippen LogP contribution >= 0.6 is 11.8 Å². The Morgan fingerprint density at radius 2 is 2.22 bits per heavy atom. The zero-order valence-corrected chi connectivity index (χ0v) is 11.7. The Morgan fingerprint density at radius 3 is 2.78 bits per heavy atom. The van der Waals surface area contributed by atoms with Gasteiger partial charge in [0.1, 0.15) is 5.60 Å². The maximum absolute atomic E-state index is 12.3. The Hall–Kier alpha value is -0.580. The number of methoxy groups -OCH3 is 1. The fraction of sp³-hybridized carbons (Fsp3) is 0.643. The minimum absolute atomic E-state index is 0.0860. The number of rotatable bonds is 3. The van der Waals surface area contributed by atoms with Gasteiger partial charge in [0.25, 0.3) is 0 Å². The van der Waals surface area contributed by atoms with E-state index < -0.39 is 11.2 Å². The first-order valence-corrected chi connectivity index (χ1v) is 7.59. The van der Waals surface area contributed by atoms with Gasteiger partial charge in [-0.3, -0.25) is 4.79 Å². The van der Waals surface area contributed by atoms with Gasteiger partial charge in [0.05, 0.1) is 0 Å². The maximum atomic E-state index is 12.3. The van der Waals surface area contributed by atoms with E-state index in [1.807, 2.05) is 18.4 Å². The first-order chi connectivity index (χ1) is 8.53. The zero-order valence-electron chi connectivity index (χ0n) is 10.8. The van der Waals surface area contributed by atoms with Crippen LogP contribution in [0.3, 0.4) is 0 Å². The summed E-state index contributed by atoms with van der Waals surface area (Å²) in [5, 5.41) is 11.1. The van der Waals surface area contributed by atoms with E-state index in [2.05, 4.69) is 6.92 Å². The van der Waals surface area contributed by atoms with Gasteiger partial charge in [-0.15, -0.1) is 0 Å². The highest BCUT2D eigenvalue weighted by molar-refractivity contribution is 7.98. The Bertz CT molecular complexity index is 470. The van der Waals surface area contributed by atoms with Crippen LogP contribution in [-0.4, -0.2) is 41.2 Å². The second-order valence-corrected chi connectivity index (χ2v) is 6.37. The first-order valence-electron chi connectivity index (χ1n) is 6.20. The molecule has 0 aromatic rings.